The second-order valence-corrected chi connectivity index (χ2v) is 11.5. The Labute approximate surface area is 245 Å². The normalized spacial score (nSPS) is 20.1. The lowest BCUT2D eigenvalue weighted by Gasteiger charge is -2.36. The summed E-state index contributed by atoms with van der Waals surface area (Å²) >= 11 is 18.3. The molecule has 1 unspecified atom stereocenters. The number of fused-ring (bicyclic) bond motifs is 2. The number of quaternary nitrogens is 1. The number of hydrogen-bond acceptors (Lipinski definition) is 3. The zero-order valence-electron chi connectivity index (χ0n) is 21.4. The molecule has 0 bridgehead atoms. The van der Waals surface area contributed by atoms with Crippen molar-refractivity contribution in [3.05, 3.63) is 98.3 Å². The van der Waals surface area contributed by atoms with Crippen LogP contribution < -0.4 is 15.1 Å². The van der Waals surface area contributed by atoms with Gasteiger partial charge in [0.15, 0.2) is 0 Å². The quantitative estimate of drug-likeness (QED) is 0.231. The van der Waals surface area contributed by atoms with Crippen molar-refractivity contribution in [1.29, 1.82) is 0 Å². The molecule has 2 N–H and O–H groups in total. The fraction of sp³-hybridized carbons (Fsp3) is 0.310. The van der Waals surface area contributed by atoms with Crippen LogP contribution in [-0.4, -0.2) is 37.2 Å². The number of rotatable bonds is 5. The molecular formula is C29H27Cl3F3N4O+. The predicted octanol–water partition coefficient (Wildman–Crippen LogP) is 7.63. The van der Waals surface area contributed by atoms with Crippen molar-refractivity contribution in [3.8, 4) is 0 Å². The number of amides is 2. The van der Waals surface area contributed by atoms with Crippen LogP contribution in [0.15, 0.2) is 60.8 Å². The summed E-state index contributed by atoms with van der Waals surface area (Å²) in [5.41, 5.74) is 1.45. The lowest BCUT2D eigenvalue weighted by molar-refractivity contribution is -0.137. The van der Waals surface area contributed by atoms with Gasteiger partial charge >= 0.3 is 12.2 Å². The Morgan fingerprint density at radius 1 is 1.05 bits per heavy atom. The number of carbonyl (C=O) groups excluding carboxylic acids is 1. The van der Waals surface area contributed by atoms with Crippen LogP contribution in [0.3, 0.4) is 0 Å². The van der Waals surface area contributed by atoms with Crippen LogP contribution in [0.5, 0.6) is 0 Å². The Kier molecular flexibility index (Phi) is 8.19. The number of nitrogens with one attached hydrogen (secondary N) is 2. The van der Waals surface area contributed by atoms with Gasteiger partial charge in [-0.1, -0.05) is 46.9 Å². The van der Waals surface area contributed by atoms with Crippen molar-refractivity contribution >= 4 is 52.6 Å². The Morgan fingerprint density at radius 3 is 2.52 bits per heavy atom. The van der Waals surface area contributed by atoms with Crippen molar-refractivity contribution in [2.24, 2.45) is 0 Å². The van der Waals surface area contributed by atoms with E-state index in [1.165, 1.54) is 12.1 Å². The van der Waals surface area contributed by atoms with E-state index in [0.717, 1.165) is 17.2 Å². The SMILES string of the molecule is O=C(NCc1ccnc(Cl)c1)[N+]1(C/C=C/c2ccc(Cl)c(Cl)c2)CC2(CCNCC2)c2cc(C(F)(F)F)ccc21. The highest BCUT2D eigenvalue weighted by Crippen LogP contribution is 2.51. The second-order valence-electron chi connectivity index (χ2n) is 10.3. The van der Waals surface area contributed by atoms with Crippen molar-refractivity contribution in [1.82, 2.24) is 20.1 Å². The van der Waals surface area contributed by atoms with Gasteiger partial charge in [-0.25, -0.2) is 14.3 Å². The van der Waals surface area contributed by atoms with Crippen LogP contribution in [0, 0.1) is 0 Å². The lowest BCUT2D eigenvalue weighted by atomic mass is 9.74. The molecule has 1 saturated heterocycles. The molecule has 5 nitrogen and oxygen atoms in total. The number of nitrogens with zero attached hydrogens (tertiary/aromatic N) is 2. The molecular weight excluding hydrogens is 584 g/mol. The Balaban J connectivity index is 1.56. The maximum Gasteiger partial charge on any atom is 0.422 e. The van der Waals surface area contributed by atoms with E-state index in [-0.39, 0.29) is 23.6 Å². The summed E-state index contributed by atoms with van der Waals surface area (Å²) in [6.07, 6.45) is 2.04. The molecule has 210 valence electrons. The van der Waals surface area contributed by atoms with Gasteiger partial charge in [-0.3, -0.25) is 0 Å². The standard InChI is InChI=1S/C29H26Cl3F3N4O/c30-23-5-3-19(14-24(23)31)2-1-13-39(27(40)38-17-20-7-10-37-26(32)15-20)18-28(8-11-36-12-9-28)22-16-21(29(33,34)35)4-6-25(22)39/h1-7,10,14-16,36H,8-9,11-13,17-18H2/p+1/b2-1+. The van der Waals surface area contributed by atoms with Gasteiger partial charge < -0.3 is 10.6 Å². The first kappa shape index (κ1) is 28.9. The second kappa shape index (κ2) is 11.3. The third-order valence-corrected chi connectivity index (χ3v) is 8.73. The van der Waals surface area contributed by atoms with Crippen LogP contribution in [0.25, 0.3) is 6.08 Å². The highest BCUT2D eigenvalue weighted by Gasteiger charge is 2.57. The van der Waals surface area contributed by atoms with Gasteiger partial charge in [-0.15, -0.1) is 0 Å². The molecule has 3 heterocycles. The number of aromatic nitrogens is 1. The van der Waals surface area contributed by atoms with Gasteiger partial charge in [0.1, 0.15) is 23.9 Å². The predicted molar refractivity (Wildman–Crippen MR) is 154 cm³/mol. The van der Waals surface area contributed by atoms with Crippen molar-refractivity contribution in [2.45, 2.75) is 31.0 Å². The molecule has 0 aliphatic carbocycles. The Bertz CT molecular complexity index is 1460. The number of urea groups is 1. The minimum absolute atomic E-state index is 0.163. The third-order valence-electron chi connectivity index (χ3n) is 7.78. The molecule has 2 aliphatic rings. The third kappa shape index (κ3) is 5.74. The average molecular weight is 611 g/mol. The fourth-order valence-corrected chi connectivity index (χ4v) is 6.33. The maximum absolute atomic E-state index is 14.1. The largest absolute Gasteiger partial charge is 0.422 e. The van der Waals surface area contributed by atoms with Crippen LogP contribution >= 0.6 is 34.8 Å². The average Bonchev–Trinajstić information content (AvgIpc) is 3.18. The monoisotopic (exact) mass is 609 g/mol. The van der Waals surface area contributed by atoms with E-state index in [2.05, 4.69) is 15.6 Å². The summed E-state index contributed by atoms with van der Waals surface area (Å²) in [6, 6.07) is 12.1. The summed E-state index contributed by atoms with van der Waals surface area (Å²) < 4.78 is 41.3. The molecule has 2 amide bonds. The van der Waals surface area contributed by atoms with Crippen molar-refractivity contribution < 1.29 is 18.0 Å². The lowest BCUT2D eigenvalue weighted by Crippen LogP contribution is -2.60. The van der Waals surface area contributed by atoms with Gasteiger partial charge in [0.2, 0.25) is 0 Å². The first-order chi connectivity index (χ1) is 19.0. The van der Waals surface area contributed by atoms with Crippen LogP contribution in [0.2, 0.25) is 15.2 Å². The molecule has 1 fully saturated rings. The van der Waals surface area contributed by atoms with Gasteiger partial charge in [0, 0.05) is 24.4 Å². The molecule has 3 aromatic rings. The molecule has 1 spiro atoms. The van der Waals surface area contributed by atoms with E-state index in [1.54, 1.807) is 30.5 Å². The zero-order chi connectivity index (χ0) is 28.5. The van der Waals surface area contributed by atoms with E-state index >= 15 is 0 Å². The van der Waals surface area contributed by atoms with Gasteiger partial charge in [-0.2, -0.15) is 13.2 Å². The Hall–Kier alpha value is -2.62. The minimum atomic E-state index is -4.49. The number of carbonyl (C=O) groups is 1. The van der Waals surface area contributed by atoms with Gasteiger partial charge in [0.25, 0.3) is 0 Å². The van der Waals surface area contributed by atoms with Gasteiger partial charge in [0.05, 0.1) is 21.0 Å². The number of halogens is 6. The van der Waals surface area contributed by atoms with E-state index in [1.807, 2.05) is 18.2 Å². The smallest absolute Gasteiger partial charge is 0.317 e. The van der Waals surface area contributed by atoms with E-state index in [4.69, 9.17) is 34.8 Å². The molecule has 5 rings (SSSR count). The van der Waals surface area contributed by atoms with E-state index in [0.29, 0.717) is 58.9 Å². The highest BCUT2D eigenvalue weighted by molar-refractivity contribution is 6.42. The summed E-state index contributed by atoms with van der Waals surface area (Å²) in [7, 11) is 0. The van der Waals surface area contributed by atoms with E-state index < -0.39 is 17.2 Å². The highest BCUT2D eigenvalue weighted by atomic mass is 35.5. The zero-order valence-corrected chi connectivity index (χ0v) is 23.6. The molecule has 1 atom stereocenters. The maximum atomic E-state index is 14.1. The summed E-state index contributed by atoms with van der Waals surface area (Å²) in [5, 5.41) is 7.47. The van der Waals surface area contributed by atoms with Crippen LogP contribution in [-0.2, 0) is 18.1 Å². The number of pyridine rings is 1. The number of benzene rings is 2. The number of piperidine rings is 1. The minimum Gasteiger partial charge on any atom is -0.317 e. The van der Waals surface area contributed by atoms with Crippen LogP contribution in [0.4, 0.5) is 23.7 Å². The van der Waals surface area contributed by atoms with E-state index in [9.17, 15) is 18.0 Å². The van der Waals surface area contributed by atoms with Crippen LogP contribution in [0.1, 0.15) is 35.1 Å². The molecule has 40 heavy (non-hydrogen) atoms. The first-order valence-electron chi connectivity index (χ1n) is 12.8. The molecule has 2 aromatic carbocycles. The fourth-order valence-electron chi connectivity index (χ4n) is 5.82. The Morgan fingerprint density at radius 2 is 1.82 bits per heavy atom. The molecule has 11 heteroatoms. The molecule has 2 aliphatic heterocycles. The summed E-state index contributed by atoms with van der Waals surface area (Å²) in [6.45, 7) is 2.09. The summed E-state index contributed by atoms with van der Waals surface area (Å²) in [4.78, 5) is 18.1. The van der Waals surface area contributed by atoms with Crippen molar-refractivity contribution in [2.75, 3.05) is 26.2 Å². The number of alkyl halides is 3. The molecule has 0 radical (unpaired) electrons. The molecule has 0 saturated carbocycles. The molecule has 1 aromatic heterocycles. The summed E-state index contributed by atoms with van der Waals surface area (Å²) in [5.74, 6) is 0. The topological polar surface area (TPSA) is 54.0 Å². The van der Waals surface area contributed by atoms with Crippen molar-refractivity contribution in [3.63, 3.8) is 0 Å². The van der Waals surface area contributed by atoms with Gasteiger partial charge in [-0.05, 0) is 79.5 Å². The number of hydrogen-bond donors (Lipinski definition) is 2. The first-order valence-corrected chi connectivity index (χ1v) is 14.0.